The van der Waals surface area contributed by atoms with Crippen molar-refractivity contribution in [2.24, 2.45) is 11.8 Å². The van der Waals surface area contributed by atoms with Crippen molar-refractivity contribution >= 4 is 0 Å². The SMILES string of the molecule is C=C1CC[C@H](C)[C@]2(O)C=C(C)CC[C@@H]12. The minimum atomic E-state index is -0.586. The van der Waals surface area contributed by atoms with Gasteiger partial charge in [-0.25, -0.2) is 0 Å². The molecule has 0 aromatic carbocycles. The van der Waals surface area contributed by atoms with E-state index < -0.39 is 5.60 Å². The van der Waals surface area contributed by atoms with Gasteiger partial charge >= 0.3 is 0 Å². The van der Waals surface area contributed by atoms with Crippen molar-refractivity contribution in [1.29, 1.82) is 0 Å². The predicted molar refractivity (Wildman–Crippen MR) is 59.0 cm³/mol. The zero-order chi connectivity index (χ0) is 10.3. The first kappa shape index (κ1) is 9.97. The molecule has 0 spiro atoms. The Labute approximate surface area is 86.5 Å². The largest absolute Gasteiger partial charge is 0.385 e. The van der Waals surface area contributed by atoms with Crippen molar-refractivity contribution in [3.05, 3.63) is 23.8 Å². The van der Waals surface area contributed by atoms with E-state index in [0.29, 0.717) is 11.8 Å². The summed E-state index contributed by atoms with van der Waals surface area (Å²) < 4.78 is 0. The fourth-order valence-corrected chi connectivity index (χ4v) is 2.99. The lowest BCUT2D eigenvalue weighted by Crippen LogP contribution is -2.47. The Balaban J connectivity index is 2.37. The summed E-state index contributed by atoms with van der Waals surface area (Å²) in [5, 5.41) is 10.7. The highest BCUT2D eigenvalue weighted by Gasteiger charge is 2.45. The van der Waals surface area contributed by atoms with Gasteiger partial charge in [-0.15, -0.1) is 0 Å². The molecule has 2 aliphatic rings. The highest BCUT2D eigenvalue weighted by Crippen LogP contribution is 2.47. The van der Waals surface area contributed by atoms with Gasteiger partial charge in [0.25, 0.3) is 0 Å². The van der Waals surface area contributed by atoms with Crippen LogP contribution >= 0.6 is 0 Å². The van der Waals surface area contributed by atoms with E-state index in [9.17, 15) is 5.11 Å². The molecule has 1 nitrogen and oxygen atoms in total. The van der Waals surface area contributed by atoms with E-state index in [0.717, 1.165) is 25.7 Å². The van der Waals surface area contributed by atoms with Crippen molar-refractivity contribution in [3.8, 4) is 0 Å². The number of hydrogen-bond acceptors (Lipinski definition) is 1. The third kappa shape index (κ3) is 1.35. The maximum Gasteiger partial charge on any atom is 0.0920 e. The molecule has 0 aliphatic heterocycles. The molecule has 78 valence electrons. The Bertz CT molecular complexity index is 290. The fraction of sp³-hybridized carbons (Fsp3) is 0.692. The molecule has 0 bridgehead atoms. The van der Waals surface area contributed by atoms with E-state index in [4.69, 9.17) is 0 Å². The van der Waals surface area contributed by atoms with Crippen LogP contribution in [0.15, 0.2) is 23.8 Å². The van der Waals surface area contributed by atoms with Gasteiger partial charge in [-0.2, -0.15) is 0 Å². The van der Waals surface area contributed by atoms with Gasteiger partial charge in [-0.1, -0.05) is 30.7 Å². The molecular formula is C13H20O. The van der Waals surface area contributed by atoms with E-state index in [-0.39, 0.29) is 0 Å². The lowest BCUT2D eigenvalue weighted by atomic mass is 9.62. The second-order valence-corrected chi connectivity index (χ2v) is 5.07. The summed E-state index contributed by atoms with van der Waals surface area (Å²) in [5.74, 6) is 0.697. The smallest absolute Gasteiger partial charge is 0.0920 e. The van der Waals surface area contributed by atoms with Gasteiger partial charge < -0.3 is 5.11 Å². The zero-order valence-corrected chi connectivity index (χ0v) is 9.21. The third-order valence-electron chi connectivity index (χ3n) is 4.04. The molecule has 0 unspecified atom stereocenters. The van der Waals surface area contributed by atoms with Gasteiger partial charge in [-0.05, 0) is 38.5 Å². The second kappa shape index (κ2) is 3.23. The van der Waals surface area contributed by atoms with E-state index in [1.165, 1.54) is 11.1 Å². The van der Waals surface area contributed by atoms with Crippen LogP contribution in [0.3, 0.4) is 0 Å². The molecule has 14 heavy (non-hydrogen) atoms. The summed E-state index contributed by atoms with van der Waals surface area (Å²) in [7, 11) is 0. The molecule has 0 aromatic heterocycles. The molecule has 0 heterocycles. The maximum atomic E-state index is 10.7. The normalized spacial score (nSPS) is 43.1. The van der Waals surface area contributed by atoms with Gasteiger partial charge in [0.1, 0.15) is 0 Å². The van der Waals surface area contributed by atoms with Crippen molar-refractivity contribution in [2.75, 3.05) is 0 Å². The standard InChI is InChI=1S/C13H20O/c1-9-4-7-12-10(2)5-6-11(3)13(12,14)8-9/h8,11-12,14H,2,4-7H2,1,3H3/t11-,12-,13+/m0/s1. The minimum absolute atomic E-state index is 0.315. The summed E-state index contributed by atoms with van der Waals surface area (Å²) in [6, 6.07) is 0. The van der Waals surface area contributed by atoms with Gasteiger partial charge in [0, 0.05) is 5.92 Å². The molecule has 2 rings (SSSR count). The zero-order valence-electron chi connectivity index (χ0n) is 9.21. The lowest BCUT2D eigenvalue weighted by molar-refractivity contribution is -0.0329. The first-order valence-corrected chi connectivity index (χ1v) is 5.62. The first-order chi connectivity index (χ1) is 6.54. The number of allylic oxidation sites excluding steroid dienone is 1. The summed E-state index contributed by atoms with van der Waals surface area (Å²) in [5.41, 5.74) is 2.01. The van der Waals surface area contributed by atoms with Crippen LogP contribution in [0.5, 0.6) is 0 Å². The fourth-order valence-electron chi connectivity index (χ4n) is 2.99. The molecule has 1 N–H and O–H groups in total. The van der Waals surface area contributed by atoms with Crippen molar-refractivity contribution in [3.63, 3.8) is 0 Å². The van der Waals surface area contributed by atoms with Crippen molar-refractivity contribution < 1.29 is 5.11 Å². The van der Waals surface area contributed by atoms with Crippen LogP contribution in [0.1, 0.15) is 39.5 Å². The van der Waals surface area contributed by atoms with Crippen LogP contribution in [0.2, 0.25) is 0 Å². The average Bonchev–Trinajstić information content (AvgIpc) is 2.11. The van der Waals surface area contributed by atoms with Crippen LogP contribution in [0.4, 0.5) is 0 Å². The Hall–Kier alpha value is -0.560. The number of hydrogen-bond donors (Lipinski definition) is 1. The maximum absolute atomic E-state index is 10.7. The molecule has 0 amide bonds. The molecular weight excluding hydrogens is 172 g/mol. The summed E-state index contributed by atoms with van der Waals surface area (Å²) in [6.45, 7) is 8.40. The number of aliphatic hydroxyl groups is 1. The Morgan fingerprint density at radius 3 is 2.86 bits per heavy atom. The van der Waals surface area contributed by atoms with E-state index >= 15 is 0 Å². The summed E-state index contributed by atoms with van der Waals surface area (Å²) in [4.78, 5) is 0. The second-order valence-electron chi connectivity index (χ2n) is 5.07. The summed E-state index contributed by atoms with van der Waals surface area (Å²) in [6.07, 6.45) is 6.48. The minimum Gasteiger partial charge on any atom is -0.385 e. The van der Waals surface area contributed by atoms with Gasteiger partial charge in [0.2, 0.25) is 0 Å². The third-order valence-corrected chi connectivity index (χ3v) is 4.04. The predicted octanol–water partition coefficient (Wildman–Crippen LogP) is 3.06. The van der Waals surface area contributed by atoms with Crippen LogP contribution < -0.4 is 0 Å². The molecule has 0 aromatic rings. The molecule has 1 fully saturated rings. The van der Waals surface area contributed by atoms with Crippen LogP contribution in [0, 0.1) is 11.8 Å². The van der Waals surface area contributed by atoms with Crippen LogP contribution in [-0.2, 0) is 0 Å². The highest BCUT2D eigenvalue weighted by molar-refractivity contribution is 5.26. The monoisotopic (exact) mass is 192 g/mol. The van der Waals surface area contributed by atoms with Crippen molar-refractivity contribution in [1.82, 2.24) is 0 Å². The van der Waals surface area contributed by atoms with E-state index in [1.807, 2.05) is 0 Å². The lowest BCUT2D eigenvalue weighted by Gasteiger charge is -2.47. The molecule has 3 atom stereocenters. The van der Waals surface area contributed by atoms with Crippen LogP contribution in [-0.4, -0.2) is 10.7 Å². The van der Waals surface area contributed by atoms with E-state index in [1.54, 1.807) is 0 Å². The first-order valence-electron chi connectivity index (χ1n) is 5.62. The number of fused-ring (bicyclic) bond motifs is 1. The van der Waals surface area contributed by atoms with E-state index in [2.05, 4.69) is 26.5 Å². The van der Waals surface area contributed by atoms with Gasteiger partial charge in [0.15, 0.2) is 0 Å². The Kier molecular flexibility index (Phi) is 2.30. The Morgan fingerprint density at radius 2 is 2.14 bits per heavy atom. The van der Waals surface area contributed by atoms with Gasteiger partial charge in [-0.3, -0.25) is 0 Å². The molecule has 0 saturated heterocycles. The number of rotatable bonds is 0. The topological polar surface area (TPSA) is 20.2 Å². The average molecular weight is 192 g/mol. The molecule has 1 heteroatoms. The summed E-state index contributed by atoms with van der Waals surface area (Å²) >= 11 is 0. The van der Waals surface area contributed by atoms with Crippen LogP contribution in [0.25, 0.3) is 0 Å². The molecule has 0 radical (unpaired) electrons. The quantitative estimate of drug-likeness (QED) is 0.585. The Morgan fingerprint density at radius 1 is 1.43 bits per heavy atom. The van der Waals surface area contributed by atoms with Gasteiger partial charge in [0.05, 0.1) is 5.60 Å². The van der Waals surface area contributed by atoms with Crippen molar-refractivity contribution in [2.45, 2.75) is 45.1 Å². The molecule has 1 saturated carbocycles. The molecule has 2 aliphatic carbocycles. The highest BCUT2D eigenvalue weighted by atomic mass is 16.3.